The highest BCUT2D eigenvalue weighted by molar-refractivity contribution is 6.17. The Morgan fingerprint density at radius 2 is 1.04 bits per heavy atom. The van der Waals surface area contributed by atoms with Gasteiger partial charge in [0.25, 0.3) is 0 Å². The molecule has 2 nitrogen and oxygen atoms in total. The molecule has 10 aromatic rings. The molecule has 2 aromatic heterocycles. The first kappa shape index (κ1) is 31.1. The van der Waals surface area contributed by atoms with Crippen LogP contribution in [0.5, 0.6) is 0 Å². The number of nitrogens with zero attached hydrogens (tertiary/aromatic N) is 2. The number of allylic oxidation sites excluding steroid dienone is 4. The zero-order chi connectivity index (χ0) is 37.2. The van der Waals surface area contributed by atoms with E-state index in [9.17, 15) is 0 Å². The Bertz CT molecular complexity index is 3340. The maximum atomic E-state index is 2.53. The van der Waals surface area contributed by atoms with Crippen LogP contribution >= 0.6 is 0 Å². The second kappa shape index (κ2) is 11.4. The van der Waals surface area contributed by atoms with Crippen molar-refractivity contribution in [3.05, 3.63) is 222 Å². The number of hydrogen-bond donors (Lipinski definition) is 0. The zero-order valence-corrected chi connectivity index (χ0v) is 31.2. The molecule has 1 unspecified atom stereocenters. The van der Waals surface area contributed by atoms with Crippen LogP contribution in [0.25, 0.3) is 82.7 Å². The fraction of sp³-hybridized carbons (Fsp3) is 0.0545. The van der Waals surface area contributed by atoms with E-state index in [4.69, 9.17) is 0 Å². The molecule has 3 aliphatic carbocycles. The Labute approximate surface area is 330 Å². The third-order valence-electron chi connectivity index (χ3n) is 13.2. The van der Waals surface area contributed by atoms with Crippen LogP contribution in [0.15, 0.2) is 200 Å². The summed E-state index contributed by atoms with van der Waals surface area (Å²) in [7, 11) is 0. The minimum Gasteiger partial charge on any atom is -0.333 e. The van der Waals surface area contributed by atoms with Gasteiger partial charge in [-0.3, -0.25) is 0 Å². The van der Waals surface area contributed by atoms with Gasteiger partial charge in [0.1, 0.15) is 0 Å². The first-order valence-corrected chi connectivity index (χ1v) is 20.1. The predicted octanol–water partition coefficient (Wildman–Crippen LogP) is 14.0. The molecular weight excluding hydrogens is 689 g/mol. The summed E-state index contributed by atoms with van der Waals surface area (Å²) < 4.78 is 5.05. The number of aromatic nitrogens is 2. The third-order valence-corrected chi connectivity index (χ3v) is 13.2. The van der Waals surface area contributed by atoms with E-state index >= 15 is 0 Å². The minimum absolute atomic E-state index is 0.306. The lowest BCUT2D eigenvalue weighted by molar-refractivity contribution is 0.648. The number of fused-ring (bicyclic) bond motifs is 17. The van der Waals surface area contributed by atoms with Crippen molar-refractivity contribution in [1.82, 2.24) is 9.13 Å². The number of hydrogen-bond acceptors (Lipinski definition) is 0. The van der Waals surface area contributed by atoms with Crippen molar-refractivity contribution in [1.29, 1.82) is 0 Å². The van der Waals surface area contributed by atoms with Gasteiger partial charge >= 0.3 is 0 Å². The van der Waals surface area contributed by atoms with Crippen molar-refractivity contribution >= 4 is 43.6 Å². The zero-order valence-electron chi connectivity index (χ0n) is 31.2. The number of benzene rings is 8. The van der Waals surface area contributed by atoms with E-state index in [1.165, 1.54) is 105 Å². The number of para-hydroxylation sites is 2. The van der Waals surface area contributed by atoms with Crippen LogP contribution in [0.2, 0.25) is 0 Å². The largest absolute Gasteiger partial charge is 0.333 e. The van der Waals surface area contributed by atoms with Crippen molar-refractivity contribution in [3.8, 4) is 39.1 Å². The molecule has 0 amide bonds. The molecule has 0 saturated carbocycles. The average molecular weight is 725 g/mol. The Morgan fingerprint density at radius 3 is 1.75 bits per heavy atom. The summed E-state index contributed by atoms with van der Waals surface area (Å²) >= 11 is 0. The van der Waals surface area contributed by atoms with Crippen LogP contribution in [0.3, 0.4) is 0 Å². The molecular formula is C55H36N2. The quantitative estimate of drug-likeness (QED) is 0.172. The average Bonchev–Trinajstić information content (AvgIpc) is 3.98. The van der Waals surface area contributed by atoms with Crippen LogP contribution in [0, 0.1) is 0 Å². The van der Waals surface area contributed by atoms with E-state index in [2.05, 4.69) is 209 Å². The molecule has 3 aliphatic rings. The second-order valence-corrected chi connectivity index (χ2v) is 15.9. The van der Waals surface area contributed by atoms with E-state index < -0.39 is 5.41 Å². The molecule has 0 fully saturated rings. The first-order chi connectivity index (χ1) is 28.3. The van der Waals surface area contributed by atoms with Crippen LogP contribution in [-0.4, -0.2) is 9.13 Å². The molecule has 57 heavy (non-hydrogen) atoms. The summed E-state index contributed by atoms with van der Waals surface area (Å²) in [6.07, 6.45) is 9.95. The lowest BCUT2D eigenvalue weighted by atomic mass is 9.70. The van der Waals surface area contributed by atoms with Crippen LogP contribution in [0.1, 0.15) is 34.7 Å². The van der Waals surface area contributed by atoms with Gasteiger partial charge in [-0.25, -0.2) is 0 Å². The molecule has 0 radical (unpaired) electrons. The van der Waals surface area contributed by atoms with Gasteiger partial charge in [0.15, 0.2) is 0 Å². The molecule has 1 atom stereocenters. The van der Waals surface area contributed by atoms with E-state index in [0.717, 1.165) is 6.42 Å². The van der Waals surface area contributed by atoms with Gasteiger partial charge in [0.2, 0.25) is 0 Å². The van der Waals surface area contributed by atoms with E-state index in [1.807, 2.05) is 0 Å². The van der Waals surface area contributed by atoms with Crippen molar-refractivity contribution in [2.24, 2.45) is 0 Å². The molecule has 13 rings (SSSR count). The second-order valence-electron chi connectivity index (χ2n) is 15.9. The topological polar surface area (TPSA) is 9.86 Å². The molecule has 2 heteroatoms. The van der Waals surface area contributed by atoms with E-state index in [-0.39, 0.29) is 0 Å². The Hall–Kier alpha value is -7.16. The van der Waals surface area contributed by atoms with Crippen LogP contribution in [-0.2, 0) is 5.41 Å². The lowest BCUT2D eigenvalue weighted by Crippen LogP contribution is -2.25. The van der Waals surface area contributed by atoms with Crippen LogP contribution in [0.4, 0.5) is 0 Å². The molecule has 1 spiro atoms. The molecule has 2 heterocycles. The van der Waals surface area contributed by atoms with Crippen molar-refractivity contribution in [3.63, 3.8) is 0 Å². The van der Waals surface area contributed by atoms with Crippen molar-refractivity contribution < 1.29 is 0 Å². The lowest BCUT2D eigenvalue weighted by Gasteiger charge is -2.30. The summed E-state index contributed by atoms with van der Waals surface area (Å²) in [5, 5.41) is 5.14. The third kappa shape index (κ3) is 3.99. The van der Waals surface area contributed by atoms with Gasteiger partial charge in [-0.2, -0.15) is 0 Å². The Morgan fingerprint density at radius 1 is 0.439 bits per heavy atom. The molecule has 266 valence electrons. The smallest absolute Gasteiger partial charge is 0.0726 e. The highest BCUT2D eigenvalue weighted by Gasteiger charge is 2.52. The summed E-state index contributed by atoms with van der Waals surface area (Å²) in [4.78, 5) is 0. The standard InChI is InChI=1S/C55H36N2/c1-3-15-37(16-4-1)56-50-26-14-10-21-41(50)44-33-35(27-31-51(44)56)36-28-32-52-45(34-36)42-29-30-49-53(54(42)57(52)38-17-5-2-6-18-38)43-22-9-13-25-48(43)55(49)46-23-11-7-19-39(46)40-20-8-12-24-47(40)55/h1-15,17-34,37H,16H2. The van der Waals surface area contributed by atoms with Gasteiger partial charge in [-0.1, -0.05) is 158 Å². The molecule has 0 N–H and O–H groups in total. The molecule has 0 bridgehead atoms. The summed E-state index contributed by atoms with van der Waals surface area (Å²) in [5.74, 6) is 0. The molecule has 0 saturated heterocycles. The van der Waals surface area contributed by atoms with Gasteiger partial charge in [0.05, 0.1) is 22.5 Å². The molecule has 8 aromatic carbocycles. The fourth-order valence-electron chi connectivity index (χ4n) is 11.0. The van der Waals surface area contributed by atoms with Gasteiger partial charge in [0, 0.05) is 43.8 Å². The van der Waals surface area contributed by atoms with E-state index in [1.54, 1.807) is 0 Å². The van der Waals surface area contributed by atoms with Gasteiger partial charge in [-0.05, 0) is 99.0 Å². The highest BCUT2D eigenvalue weighted by atomic mass is 15.0. The molecule has 0 aliphatic heterocycles. The Kier molecular flexibility index (Phi) is 6.24. The first-order valence-electron chi connectivity index (χ1n) is 20.1. The van der Waals surface area contributed by atoms with Gasteiger partial charge in [-0.15, -0.1) is 0 Å². The fourth-order valence-corrected chi connectivity index (χ4v) is 11.0. The predicted molar refractivity (Wildman–Crippen MR) is 237 cm³/mol. The van der Waals surface area contributed by atoms with E-state index in [0.29, 0.717) is 6.04 Å². The maximum absolute atomic E-state index is 2.53. The SMILES string of the molecule is C1=CCC(n2c3ccccc3c3cc(-c4ccc5c(c4)c4ccc6c(c4n5-c4ccccc4)-c4ccccc4C64c5ccccc5-c5ccccc54)ccc32)C=C1. The van der Waals surface area contributed by atoms with Crippen molar-refractivity contribution in [2.45, 2.75) is 17.9 Å². The monoisotopic (exact) mass is 724 g/mol. The minimum atomic E-state index is -0.394. The summed E-state index contributed by atoms with van der Waals surface area (Å²) in [6.45, 7) is 0. The summed E-state index contributed by atoms with van der Waals surface area (Å²) in [6, 6.07) is 66.5. The summed E-state index contributed by atoms with van der Waals surface area (Å²) in [5.41, 5.74) is 19.1. The number of rotatable bonds is 3. The van der Waals surface area contributed by atoms with Gasteiger partial charge < -0.3 is 9.13 Å². The normalized spacial score (nSPS) is 15.8. The van der Waals surface area contributed by atoms with Crippen molar-refractivity contribution in [2.75, 3.05) is 0 Å². The highest BCUT2D eigenvalue weighted by Crippen LogP contribution is 2.64. The maximum Gasteiger partial charge on any atom is 0.0726 e. The van der Waals surface area contributed by atoms with Crippen LogP contribution < -0.4 is 0 Å². The Balaban J connectivity index is 1.09.